The van der Waals surface area contributed by atoms with Crippen molar-refractivity contribution in [2.75, 3.05) is 27.4 Å². The van der Waals surface area contributed by atoms with Crippen molar-refractivity contribution in [3.63, 3.8) is 0 Å². The first kappa shape index (κ1) is 25.7. The normalized spacial score (nSPS) is 11.8. The van der Waals surface area contributed by atoms with Crippen LogP contribution in [0.5, 0.6) is 17.2 Å². The quantitative estimate of drug-likeness (QED) is 0.229. The van der Waals surface area contributed by atoms with Gasteiger partial charge in [-0.2, -0.15) is 0 Å². The molecule has 1 amide bonds. The van der Waals surface area contributed by atoms with Gasteiger partial charge in [0, 0.05) is 12.6 Å². The smallest absolute Gasteiger partial charge is 0.497 e. The van der Waals surface area contributed by atoms with Crippen molar-refractivity contribution in [1.29, 1.82) is 0 Å². The third-order valence-electron chi connectivity index (χ3n) is 4.78. The summed E-state index contributed by atoms with van der Waals surface area (Å²) in [5, 5.41) is 2.71. The summed E-state index contributed by atoms with van der Waals surface area (Å²) in [7, 11) is 3.21. The van der Waals surface area contributed by atoms with Gasteiger partial charge in [-0.25, -0.2) is 4.79 Å². The number of carbonyl (C=O) groups is 2. The lowest BCUT2D eigenvalue weighted by Gasteiger charge is -2.15. The fraction of sp³-hybridized carbons (Fsp3) is 0.360. The van der Waals surface area contributed by atoms with Crippen LogP contribution in [0.1, 0.15) is 31.4 Å². The highest BCUT2D eigenvalue weighted by atomic mass is 16.7. The first-order chi connectivity index (χ1) is 15.8. The van der Waals surface area contributed by atoms with Crippen molar-refractivity contribution in [2.24, 2.45) is 11.7 Å². The van der Waals surface area contributed by atoms with Crippen molar-refractivity contribution in [3.8, 4) is 17.2 Å². The van der Waals surface area contributed by atoms with Gasteiger partial charge in [-0.05, 0) is 47.7 Å². The standard InChI is InChI=1S/C25H32N2O6/c1-17(2)23(26)24(28)27-12-5-13-32-25(29)33-20-10-8-18(9-11-20)6-7-19-14-21(30-3)16-22(15-19)31-4/h6-11,14-17,23H,5,12-13,26H2,1-4H3,(H,27,28). The fourth-order valence-corrected chi connectivity index (χ4v) is 2.75. The van der Waals surface area contributed by atoms with Gasteiger partial charge in [0.15, 0.2) is 0 Å². The third-order valence-corrected chi connectivity index (χ3v) is 4.78. The average Bonchev–Trinajstić information content (AvgIpc) is 2.82. The number of rotatable bonds is 11. The molecule has 0 fully saturated rings. The number of nitrogens with two attached hydrogens (primary N) is 1. The van der Waals surface area contributed by atoms with E-state index in [1.807, 2.05) is 50.3 Å². The number of benzene rings is 2. The number of ether oxygens (including phenoxy) is 4. The second-order valence-corrected chi connectivity index (χ2v) is 7.66. The summed E-state index contributed by atoms with van der Waals surface area (Å²) in [6.45, 7) is 4.25. The zero-order chi connectivity index (χ0) is 24.2. The molecule has 0 aliphatic carbocycles. The maximum Gasteiger partial charge on any atom is 0.513 e. The number of hydrogen-bond donors (Lipinski definition) is 2. The topological polar surface area (TPSA) is 109 Å². The Kier molecular flexibility index (Phi) is 10.2. The van der Waals surface area contributed by atoms with Crippen LogP contribution in [0.2, 0.25) is 0 Å². The monoisotopic (exact) mass is 456 g/mol. The highest BCUT2D eigenvalue weighted by molar-refractivity contribution is 5.81. The molecule has 0 spiro atoms. The Labute approximate surface area is 194 Å². The zero-order valence-electron chi connectivity index (χ0n) is 19.5. The number of amides is 1. The van der Waals surface area contributed by atoms with Crippen LogP contribution in [-0.2, 0) is 9.53 Å². The minimum atomic E-state index is -0.799. The third kappa shape index (κ3) is 8.86. The van der Waals surface area contributed by atoms with Gasteiger partial charge in [-0.15, -0.1) is 0 Å². The lowest BCUT2D eigenvalue weighted by atomic mass is 10.1. The molecule has 33 heavy (non-hydrogen) atoms. The van der Waals surface area contributed by atoms with Crippen LogP contribution in [-0.4, -0.2) is 45.5 Å². The maximum absolute atomic E-state index is 11.8. The summed E-state index contributed by atoms with van der Waals surface area (Å²) >= 11 is 0. The Morgan fingerprint density at radius 3 is 2.12 bits per heavy atom. The zero-order valence-corrected chi connectivity index (χ0v) is 19.5. The lowest BCUT2D eigenvalue weighted by molar-refractivity contribution is -0.123. The van der Waals surface area contributed by atoms with Crippen LogP contribution in [0.15, 0.2) is 42.5 Å². The van der Waals surface area contributed by atoms with E-state index in [1.54, 1.807) is 32.4 Å². The highest BCUT2D eigenvalue weighted by Gasteiger charge is 2.16. The number of carbonyl (C=O) groups excluding carboxylic acids is 2. The Morgan fingerprint density at radius 1 is 0.939 bits per heavy atom. The molecule has 0 aromatic heterocycles. The molecule has 0 bridgehead atoms. The largest absolute Gasteiger partial charge is 0.513 e. The molecule has 3 N–H and O–H groups in total. The minimum absolute atomic E-state index is 0.0588. The van der Waals surface area contributed by atoms with Crippen LogP contribution in [0.3, 0.4) is 0 Å². The summed E-state index contributed by atoms with van der Waals surface area (Å²) in [4.78, 5) is 23.6. The van der Waals surface area contributed by atoms with Crippen molar-refractivity contribution >= 4 is 24.2 Å². The molecule has 8 nitrogen and oxygen atoms in total. The second-order valence-electron chi connectivity index (χ2n) is 7.66. The van der Waals surface area contributed by atoms with Gasteiger partial charge < -0.3 is 30.0 Å². The van der Waals surface area contributed by atoms with E-state index < -0.39 is 12.2 Å². The van der Waals surface area contributed by atoms with E-state index in [0.717, 1.165) is 11.1 Å². The van der Waals surface area contributed by atoms with E-state index in [2.05, 4.69) is 5.32 Å². The van der Waals surface area contributed by atoms with Gasteiger partial charge in [0.1, 0.15) is 17.2 Å². The molecule has 2 aromatic rings. The molecule has 8 heteroatoms. The average molecular weight is 457 g/mol. The molecule has 0 heterocycles. The highest BCUT2D eigenvalue weighted by Crippen LogP contribution is 2.24. The molecule has 178 valence electrons. The first-order valence-corrected chi connectivity index (χ1v) is 10.7. The van der Waals surface area contributed by atoms with Gasteiger partial charge in [0.25, 0.3) is 0 Å². The molecule has 1 unspecified atom stereocenters. The van der Waals surface area contributed by atoms with Crippen molar-refractivity contribution < 1.29 is 28.5 Å². The summed E-state index contributed by atoms with van der Waals surface area (Å²) in [5.41, 5.74) is 7.61. The van der Waals surface area contributed by atoms with Crippen molar-refractivity contribution in [2.45, 2.75) is 26.3 Å². The van der Waals surface area contributed by atoms with Gasteiger partial charge in [0.2, 0.25) is 5.91 Å². The molecule has 0 aliphatic heterocycles. The van der Waals surface area contributed by atoms with Crippen LogP contribution >= 0.6 is 0 Å². The molecule has 0 saturated heterocycles. The maximum atomic E-state index is 11.8. The van der Waals surface area contributed by atoms with Crippen LogP contribution in [0, 0.1) is 5.92 Å². The van der Waals surface area contributed by atoms with E-state index in [0.29, 0.717) is 30.2 Å². The summed E-state index contributed by atoms with van der Waals surface area (Å²) < 4.78 is 20.7. The summed E-state index contributed by atoms with van der Waals surface area (Å²) in [5.74, 6) is 1.63. The predicted molar refractivity (Wildman–Crippen MR) is 127 cm³/mol. The Morgan fingerprint density at radius 2 is 1.55 bits per heavy atom. The van der Waals surface area contributed by atoms with Gasteiger partial charge in [0.05, 0.1) is 26.9 Å². The van der Waals surface area contributed by atoms with E-state index in [1.165, 1.54) is 0 Å². The van der Waals surface area contributed by atoms with E-state index in [9.17, 15) is 9.59 Å². The Bertz CT molecular complexity index is 918. The van der Waals surface area contributed by atoms with Crippen molar-refractivity contribution in [1.82, 2.24) is 5.32 Å². The van der Waals surface area contributed by atoms with Crippen molar-refractivity contribution in [3.05, 3.63) is 53.6 Å². The number of methoxy groups -OCH3 is 2. The Hall–Kier alpha value is -3.52. The molecule has 0 aliphatic rings. The lowest BCUT2D eigenvalue weighted by Crippen LogP contribution is -2.44. The molecule has 2 aromatic carbocycles. The van der Waals surface area contributed by atoms with Crippen LogP contribution in [0.25, 0.3) is 12.2 Å². The molecule has 2 rings (SSSR count). The minimum Gasteiger partial charge on any atom is -0.497 e. The van der Waals surface area contributed by atoms with Crippen LogP contribution in [0.4, 0.5) is 4.79 Å². The van der Waals surface area contributed by atoms with Crippen LogP contribution < -0.4 is 25.3 Å². The fourth-order valence-electron chi connectivity index (χ4n) is 2.75. The molecule has 0 radical (unpaired) electrons. The SMILES string of the molecule is COc1cc(C=Cc2ccc(OC(=O)OCCCNC(=O)C(N)C(C)C)cc2)cc(OC)c1. The van der Waals surface area contributed by atoms with Gasteiger partial charge in [-0.1, -0.05) is 38.1 Å². The summed E-state index contributed by atoms with van der Waals surface area (Å²) in [6, 6.07) is 12.1. The summed E-state index contributed by atoms with van der Waals surface area (Å²) in [6.07, 6.45) is 3.52. The Balaban J connectivity index is 1.77. The predicted octanol–water partition coefficient (Wildman–Crippen LogP) is 3.88. The molecular weight excluding hydrogens is 424 g/mol. The van der Waals surface area contributed by atoms with Gasteiger partial charge in [-0.3, -0.25) is 4.79 Å². The second kappa shape index (κ2) is 13.1. The van der Waals surface area contributed by atoms with E-state index in [-0.39, 0.29) is 18.4 Å². The molecular formula is C25H32N2O6. The van der Waals surface area contributed by atoms with E-state index >= 15 is 0 Å². The molecule has 0 saturated carbocycles. The van der Waals surface area contributed by atoms with Gasteiger partial charge >= 0.3 is 6.16 Å². The van der Waals surface area contributed by atoms with E-state index in [4.69, 9.17) is 24.7 Å². The first-order valence-electron chi connectivity index (χ1n) is 10.7. The number of nitrogens with one attached hydrogen (secondary N) is 1. The number of hydrogen-bond acceptors (Lipinski definition) is 7. The molecule has 1 atom stereocenters.